The van der Waals surface area contributed by atoms with Crippen LogP contribution in [0.25, 0.3) is 11.1 Å². The second-order valence-electron chi connectivity index (χ2n) is 8.01. The van der Waals surface area contributed by atoms with Crippen molar-refractivity contribution >= 4 is 12.1 Å². The average Bonchev–Trinajstić information content (AvgIpc) is 3.09. The number of aromatic carboxylic acids is 1. The fraction of sp³-hybridized carbons (Fsp3) is 0.200. The molecule has 5 nitrogen and oxygen atoms in total. The van der Waals surface area contributed by atoms with Crippen molar-refractivity contribution in [2.24, 2.45) is 0 Å². The number of carbonyl (C=O) groups excluding carboxylic acids is 1. The number of carboxylic acid groups (broad SMARTS) is 1. The van der Waals surface area contributed by atoms with Crippen LogP contribution in [0.5, 0.6) is 0 Å². The van der Waals surface area contributed by atoms with Gasteiger partial charge in [0.15, 0.2) is 5.67 Å². The maximum absolute atomic E-state index is 15.2. The molecule has 0 aromatic heterocycles. The summed E-state index contributed by atoms with van der Waals surface area (Å²) in [7, 11) is 0. The quantitative estimate of drug-likeness (QED) is 0.661. The molecule has 3 aromatic carbocycles. The number of ether oxygens (including phenoxy) is 1. The lowest BCUT2D eigenvalue weighted by Gasteiger charge is -2.43. The van der Waals surface area contributed by atoms with Crippen LogP contribution in [0, 0.1) is 0 Å². The van der Waals surface area contributed by atoms with Crippen molar-refractivity contribution in [1.29, 1.82) is 0 Å². The van der Waals surface area contributed by atoms with E-state index in [9.17, 15) is 9.59 Å². The molecule has 0 radical (unpaired) electrons. The summed E-state index contributed by atoms with van der Waals surface area (Å²) in [4.78, 5) is 25.0. The normalized spacial score (nSPS) is 16.2. The molecule has 31 heavy (non-hydrogen) atoms. The van der Waals surface area contributed by atoms with Gasteiger partial charge >= 0.3 is 12.1 Å². The van der Waals surface area contributed by atoms with Gasteiger partial charge in [-0.1, -0.05) is 60.7 Å². The summed E-state index contributed by atoms with van der Waals surface area (Å²) in [6.45, 7) is -0.142. The molecule has 0 spiro atoms. The Bertz CT molecular complexity index is 1140. The molecule has 0 unspecified atom stereocenters. The van der Waals surface area contributed by atoms with Crippen LogP contribution in [0.15, 0.2) is 72.8 Å². The number of benzene rings is 3. The molecule has 1 amide bonds. The van der Waals surface area contributed by atoms with E-state index in [1.807, 2.05) is 36.4 Å². The van der Waals surface area contributed by atoms with E-state index in [-0.39, 0.29) is 36.7 Å². The average molecular weight is 417 g/mol. The third-order valence-electron chi connectivity index (χ3n) is 6.10. The lowest BCUT2D eigenvalue weighted by atomic mass is 9.87. The predicted molar refractivity (Wildman–Crippen MR) is 113 cm³/mol. The van der Waals surface area contributed by atoms with E-state index in [1.165, 1.54) is 23.1 Å². The van der Waals surface area contributed by atoms with Gasteiger partial charge in [0.2, 0.25) is 0 Å². The fourth-order valence-corrected chi connectivity index (χ4v) is 4.49. The van der Waals surface area contributed by atoms with Crippen LogP contribution in [0.2, 0.25) is 0 Å². The molecule has 0 saturated carbocycles. The van der Waals surface area contributed by atoms with E-state index >= 15 is 4.39 Å². The Hall–Kier alpha value is -3.67. The van der Waals surface area contributed by atoms with Gasteiger partial charge in [0.05, 0.1) is 18.7 Å². The number of halogens is 1. The zero-order valence-corrected chi connectivity index (χ0v) is 16.6. The number of carbonyl (C=O) groups is 2. The minimum atomic E-state index is -1.77. The van der Waals surface area contributed by atoms with Gasteiger partial charge in [-0.25, -0.2) is 14.0 Å². The van der Waals surface area contributed by atoms with E-state index in [4.69, 9.17) is 9.84 Å². The molecule has 1 saturated heterocycles. The molecule has 1 fully saturated rings. The Morgan fingerprint density at radius 3 is 2.19 bits per heavy atom. The Labute approximate surface area is 178 Å². The molecule has 0 atom stereocenters. The van der Waals surface area contributed by atoms with Crippen LogP contribution in [-0.4, -0.2) is 41.8 Å². The lowest BCUT2D eigenvalue weighted by molar-refractivity contribution is -0.0334. The van der Waals surface area contributed by atoms with Crippen molar-refractivity contribution in [3.05, 3.63) is 95.1 Å². The summed E-state index contributed by atoms with van der Waals surface area (Å²) in [5, 5.41) is 9.11. The minimum absolute atomic E-state index is 0.0223. The Morgan fingerprint density at radius 2 is 1.58 bits per heavy atom. The molecule has 1 aliphatic heterocycles. The summed E-state index contributed by atoms with van der Waals surface area (Å²) in [5.74, 6) is -1.17. The second kappa shape index (κ2) is 7.23. The number of amides is 1. The highest BCUT2D eigenvalue weighted by molar-refractivity contribution is 5.87. The smallest absolute Gasteiger partial charge is 0.410 e. The molecule has 2 aliphatic rings. The first-order valence-corrected chi connectivity index (χ1v) is 10.1. The molecule has 1 N–H and O–H groups in total. The van der Waals surface area contributed by atoms with Crippen molar-refractivity contribution in [1.82, 2.24) is 4.90 Å². The van der Waals surface area contributed by atoms with Gasteiger partial charge in [-0.05, 0) is 39.9 Å². The van der Waals surface area contributed by atoms with Gasteiger partial charge in [0.25, 0.3) is 0 Å². The van der Waals surface area contributed by atoms with Gasteiger partial charge in [0.1, 0.15) is 6.61 Å². The molecule has 6 heteroatoms. The third-order valence-corrected chi connectivity index (χ3v) is 6.10. The number of rotatable bonds is 4. The molecule has 1 aliphatic carbocycles. The molecular formula is C25H20FNO4. The topological polar surface area (TPSA) is 66.8 Å². The predicted octanol–water partition coefficient (Wildman–Crippen LogP) is 4.81. The molecule has 3 aromatic rings. The first-order valence-electron chi connectivity index (χ1n) is 10.1. The van der Waals surface area contributed by atoms with Crippen LogP contribution in [0.4, 0.5) is 9.18 Å². The number of hydrogen-bond donors (Lipinski definition) is 1. The monoisotopic (exact) mass is 417 g/mol. The highest BCUT2D eigenvalue weighted by Crippen LogP contribution is 2.45. The third kappa shape index (κ3) is 3.24. The maximum Gasteiger partial charge on any atom is 0.410 e. The van der Waals surface area contributed by atoms with E-state index in [2.05, 4.69) is 12.1 Å². The van der Waals surface area contributed by atoms with Crippen molar-refractivity contribution in [3.8, 4) is 11.1 Å². The zero-order chi connectivity index (χ0) is 21.6. The summed E-state index contributed by atoms with van der Waals surface area (Å²) in [6, 6.07) is 21.9. The van der Waals surface area contributed by atoms with Crippen molar-refractivity contribution in [2.75, 3.05) is 19.7 Å². The van der Waals surface area contributed by atoms with Crippen LogP contribution in [-0.2, 0) is 10.4 Å². The van der Waals surface area contributed by atoms with Gasteiger partial charge in [-0.2, -0.15) is 0 Å². The van der Waals surface area contributed by atoms with Gasteiger partial charge in [0, 0.05) is 5.92 Å². The maximum atomic E-state index is 15.2. The molecular weight excluding hydrogens is 397 g/mol. The van der Waals surface area contributed by atoms with Crippen molar-refractivity contribution < 1.29 is 23.8 Å². The Balaban J connectivity index is 1.26. The summed E-state index contributed by atoms with van der Waals surface area (Å²) in [5.41, 5.74) is 3.03. The number of nitrogens with zero attached hydrogens (tertiary/aromatic N) is 1. The fourth-order valence-electron chi connectivity index (χ4n) is 4.49. The summed E-state index contributed by atoms with van der Waals surface area (Å²) >= 11 is 0. The van der Waals surface area contributed by atoms with Gasteiger partial charge in [-0.15, -0.1) is 0 Å². The molecule has 5 rings (SSSR count). The molecule has 0 bridgehead atoms. The standard InChI is InChI=1S/C25H20FNO4/c26-25(17-7-5-6-16(12-17)23(28)29)14-27(15-25)24(30)31-13-22-20-10-3-1-8-18(20)19-9-2-4-11-21(19)22/h1-12,22H,13-15H2,(H,28,29). The van der Waals surface area contributed by atoms with Crippen LogP contribution in [0.1, 0.15) is 33.0 Å². The first kappa shape index (κ1) is 19.3. The van der Waals surface area contributed by atoms with Crippen LogP contribution >= 0.6 is 0 Å². The summed E-state index contributed by atoms with van der Waals surface area (Å²) in [6.07, 6.45) is -0.565. The number of likely N-dealkylation sites (tertiary alicyclic amines) is 1. The number of fused-ring (bicyclic) bond motifs is 3. The number of hydrogen-bond acceptors (Lipinski definition) is 3. The number of alkyl halides is 1. The summed E-state index contributed by atoms with van der Waals surface area (Å²) < 4.78 is 20.7. The van der Waals surface area contributed by atoms with Gasteiger partial charge in [-0.3, -0.25) is 0 Å². The minimum Gasteiger partial charge on any atom is -0.478 e. The van der Waals surface area contributed by atoms with E-state index < -0.39 is 17.7 Å². The van der Waals surface area contributed by atoms with E-state index in [0.29, 0.717) is 0 Å². The molecule has 1 heterocycles. The van der Waals surface area contributed by atoms with Crippen LogP contribution in [0.3, 0.4) is 0 Å². The zero-order valence-electron chi connectivity index (χ0n) is 16.6. The van der Waals surface area contributed by atoms with E-state index in [1.54, 1.807) is 6.07 Å². The first-order chi connectivity index (χ1) is 15.0. The van der Waals surface area contributed by atoms with Crippen molar-refractivity contribution in [3.63, 3.8) is 0 Å². The largest absolute Gasteiger partial charge is 0.478 e. The Morgan fingerprint density at radius 1 is 0.968 bits per heavy atom. The highest BCUT2D eigenvalue weighted by atomic mass is 19.1. The highest BCUT2D eigenvalue weighted by Gasteiger charge is 2.48. The van der Waals surface area contributed by atoms with Crippen LogP contribution < -0.4 is 0 Å². The second-order valence-corrected chi connectivity index (χ2v) is 8.01. The Kier molecular flexibility index (Phi) is 4.50. The molecule has 156 valence electrons. The van der Waals surface area contributed by atoms with Gasteiger partial charge < -0.3 is 14.7 Å². The SMILES string of the molecule is O=C(O)c1cccc(C2(F)CN(C(=O)OCC3c4ccccc4-c4ccccc43)C2)c1. The van der Waals surface area contributed by atoms with Crippen molar-refractivity contribution in [2.45, 2.75) is 11.6 Å². The van der Waals surface area contributed by atoms with E-state index in [0.717, 1.165) is 22.3 Å². The number of carboxylic acids is 1. The lowest BCUT2D eigenvalue weighted by Crippen LogP contribution is -2.59.